The number of H-pyrrole nitrogens is 1. The van der Waals surface area contributed by atoms with E-state index in [0.717, 1.165) is 6.07 Å². The number of rotatable bonds is 3. The molecule has 0 spiro atoms. The van der Waals surface area contributed by atoms with E-state index in [2.05, 4.69) is 4.98 Å². The van der Waals surface area contributed by atoms with Crippen LogP contribution in [0.5, 0.6) is 5.75 Å². The van der Waals surface area contributed by atoms with Gasteiger partial charge in [0.1, 0.15) is 5.75 Å². The first-order valence-electron chi connectivity index (χ1n) is 5.95. The van der Waals surface area contributed by atoms with Gasteiger partial charge in [0.2, 0.25) is 5.56 Å². The third-order valence-electron chi connectivity index (χ3n) is 2.65. The van der Waals surface area contributed by atoms with Crippen LogP contribution in [0.25, 0.3) is 11.3 Å². The summed E-state index contributed by atoms with van der Waals surface area (Å²) in [5, 5.41) is 0. The number of nitrogens with one attached hydrogen (secondary N) is 1. The molecule has 0 aliphatic carbocycles. The lowest BCUT2D eigenvalue weighted by molar-refractivity contribution is -0.137. The summed E-state index contributed by atoms with van der Waals surface area (Å²) in [7, 11) is 0. The summed E-state index contributed by atoms with van der Waals surface area (Å²) in [5.41, 5.74) is -1.15. The fourth-order valence-electron chi connectivity index (χ4n) is 1.76. The first-order chi connectivity index (χ1) is 9.40. The summed E-state index contributed by atoms with van der Waals surface area (Å²) in [4.78, 5) is 13.7. The Balaban J connectivity index is 2.42. The zero-order valence-corrected chi connectivity index (χ0v) is 10.6. The van der Waals surface area contributed by atoms with Crippen LogP contribution in [0.1, 0.15) is 12.5 Å². The van der Waals surface area contributed by atoms with Gasteiger partial charge in [0, 0.05) is 11.8 Å². The molecule has 0 radical (unpaired) electrons. The predicted octanol–water partition coefficient (Wildman–Crippen LogP) is 3.46. The van der Waals surface area contributed by atoms with E-state index >= 15 is 0 Å². The van der Waals surface area contributed by atoms with Crippen LogP contribution in [-0.2, 0) is 6.18 Å². The number of aromatic amines is 1. The van der Waals surface area contributed by atoms with E-state index < -0.39 is 17.3 Å². The van der Waals surface area contributed by atoms with Crippen LogP contribution < -0.4 is 10.3 Å². The number of hydrogen-bond acceptors (Lipinski definition) is 2. The third-order valence-corrected chi connectivity index (χ3v) is 2.65. The van der Waals surface area contributed by atoms with Crippen molar-refractivity contribution in [1.29, 1.82) is 0 Å². The Morgan fingerprint density at radius 2 is 1.80 bits per heavy atom. The minimum absolute atomic E-state index is 0.118. The minimum atomic E-state index is -4.55. The van der Waals surface area contributed by atoms with Gasteiger partial charge in [0.15, 0.2) is 0 Å². The molecule has 0 bridgehead atoms. The monoisotopic (exact) mass is 283 g/mol. The Bertz CT molecular complexity index is 645. The molecule has 0 saturated heterocycles. The molecule has 1 N–H and O–H groups in total. The molecule has 0 aliphatic heterocycles. The molecule has 2 aromatic rings. The van der Waals surface area contributed by atoms with E-state index in [9.17, 15) is 18.0 Å². The van der Waals surface area contributed by atoms with Crippen molar-refractivity contribution in [2.75, 3.05) is 6.61 Å². The topological polar surface area (TPSA) is 42.1 Å². The standard InChI is InChI=1S/C14H12F3NO2/c1-2-20-11-5-3-9(4-6-11)12-7-10(14(15,16)17)8-13(19)18-12/h3-8H,2H2,1H3,(H,18,19). The van der Waals surface area contributed by atoms with Crippen molar-refractivity contribution in [3.05, 3.63) is 52.3 Å². The predicted molar refractivity (Wildman–Crippen MR) is 68.7 cm³/mol. The van der Waals surface area contributed by atoms with Crippen LogP contribution >= 0.6 is 0 Å². The number of pyridine rings is 1. The van der Waals surface area contributed by atoms with Crippen LogP contribution in [0.4, 0.5) is 13.2 Å². The van der Waals surface area contributed by atoms with Gasteiger partial charge in [-0.05, 0) is 42.8 Å². The minimum Gasteiger partial charge on any atom is -0.494 e. The van der Waals surface area contributed by atoms with Gasteiger partial charge in [0.25, 0.3) is 0 Å². The molecule has 2 rings (SSSR count). The Morgan fingerprint density at radius 3 is 2.35 bits per heavy atom. The fraction of sp³-hybridized carbons (Fsp3) is 0.214. The number of aromatic nitrogens is 1. The van der Waals surface area contributed by atoms with Crippen molar-refractivity contribution in [3.63, 3.8) is 0 Å². The van der Waals surface area contributed by atoms with E-state index in [1.807, 2.05) is 6.92 Å². The van der Waals surface area contributed by atoms with E-state index in [0.29, 0.717) is 24.0 Å². The lowest BCUT2D eigenvalue weighted by atomic mass is 10.1. The number of ether oxygens (including phenoxy) is 1. The third kappa shape index (κ3) is 3.20. The average Bonchev–Trinajstić information content (AvgIpc) is 2.38. The van der Waals surface area contributed by atoms with Gasteiger partial charge in [0.05, 0.1) is 12.2 Å². The smallest absolute Gasteiger partial charge is 0.416 e. The highest BCUT2D eigenvalue weighted by molar-refractivity contribution is 5.60. The van der Waals surface area contributed by atoms with Gasteiger partial charge in [-0.3, -0.25) is 4.79 Å². The van der Waals surface area contributed by atoms with Gasteiger partial charge >= 0.3 is 6.18 Å². The quantitative estimate of drug-likeness (QED) is 0.937. The van der Waals surface area contributed by atoms with Crippen LogP contribution in [0, 0.1) is 0 Å². The summed E-state index contributed by atoms with van der Waals surface area (Å²) in [5.74, 6) is 0.616. The molecular weight excluding hydrogens is 271 g/mol. The molecular formula is C14H12F3NO2. The van der Waals surface area contributed by atoms with Gasteiger partial charge < -0.3 is 9.72 Å². The van der Waals surface area contributed by atoms with Gasteiger partial charge in [-0.2, -0.15) is 13.2 Å². The zero-order chi connectivity index (χ0) is 14.8. The van der Waals surface area contributed by atoms with Crippen molar-refractivity contribution < 1.29 is 17.9 Å². The molecule has 6 heteroatoms. The Kier molecular flexibility index (Phi) is 3.83. The maximum absolute atomic E-state index is 12.7. The van der Waals surface area contributed by atoms with Gasteiger partial charge in [-0.15, -0.1) is 0 Å². The Labute approximate surface area is 113 Å². The lowest BCUT2D eigenvalue weighted by Gasteiger charge is -2.09. The zero-order valence-electron chi connectivity index (χ0n) is 10.6. The highest BCUT2D eigenvalue weighted by Gasteiger charge is 2.31. The highest BCUT2D eigenvalue weighted by Crippen LogP contribution is 2.30. The number of alkyl halides is 3. The second-order valence-corrected chi connectivity index (χ2v) is 4.10. The summed E-state index contributed by atoms with van der Waals surface area (Å²) in [6, 6.07) is 7.91. The molecule has 20 heavy (non-hydrogen) atoms. The largest absolute Gasteiger partial charge is 0.494 e. The average molecular weight is 283 g/mol. The fourth-order valence-corrected chi connectivity index (χ4v) is 1.76. The maximum atomic E-state index is 12.7. The first kappa shape index (κ1) is 14.2. The normalized spacial score (nSPS) is 11.4. The molecule has 0 fully saturated rings. The van der Waals surface area contributed by atoms with Crippen molar-refractivity contribution in [1.82, 2.24) is 4.98 Å². The SMILES string of the molecule is CCOc1ccc(-c2cc(C(F)(F)F)cc(=O)[nH]2)cc1. The Morgan fingerprint density at radius 1 is 1.15 bits per heavy atom. The molecule has 106 valence electrons. The van der Waals surface area contributed by atoms with Crippen LogP contribution in [0.2, 0.25) is 0 Å². The molecule has 3 nitrogen and oxygen atoms in total. The summed E-state index contributed by atoms with van der Waals surface area (Å²) >= 11 is 0. The van der Waals surface area contributed by atoms with Crippen molar-refractivity contribution in [2.45, 2.75) is 13.1 Å². The first-order valence-corrected chi connectivity index (χ1v) is 5.95. The number of halogens is 3. The van der Waals surface area contributed by atoms with Gasteiger partial charge in [-0.25, -0.2) is 0 Å². The van der Waals surface area contributed by atoms with Gasteiger partial charge in [-0.1, -0.05) is 0 Å². The second-order valence-electron chi connectivity index (χ2n) is 4.10. The van der Waals surface area contributed by atoms with Crippen molar-refractivity contribution >= 4 is 0 Å². The summed E-state index contributed by atoms with van der Waals surface area (Å²) in [6.45, 7) is 2.33. The molecule has 0 atom stereocenters. The summed E-state index contributed by atoms with van der Waals surface area (Å²) in [6.07, 6.45) is -4.55. The van der Waals surface area contributed by atoms with Crippen molar-refractivity contribution in [3.8, 4) is 17.0 Å². The van der Waals surface area contributed by atoms with Crippen molar-refractivity contribution in [2.24, 2.45) is 0 Å². The molecule has 1 aromatic carbocycles. The van der Waals surface area contributed by atoms with E-state index in [1.54, 1.807) is 24.3 Å². The van der Waals surface area contributed by atoms with E-state index in [4.69, 9.17) is 4.74 Å². The lowest BCUT2D eigenvalue weighted by Crippen LogP contribution is -2.13. The molecule has 0 saturated carbocycles. The van der Waals surface area contributed by atoms with Crippen LogP contribution in [0.15, 0.2) is 41.2 Å². The molecule has 0 amide bonds. The number of benzene rings is 1. The highest BCUT2D eigenvalue weighted by atomic mass is 19.4. The van der Waals surface area contributed by atoms with E-state index in [1.165, 1.54) is 0 Å². The second kappa shape index (κ2) is 5.40. The van der Waals surface area contributed by atoms with Crippen LogP contribution in [-0.4, -0.2) is 11.6 Å². The van der Waals surface area contributed by atoms with E-state index in [-0.39, 0.29) is 5.69 Å². The maximum Gasteiger partial charge on any atom is 0.416 e. The van der Waals surface area contributed by atoms with Crippen LogP contribution in [0.3, 0.4) is 0 Å². The summed E-state index contributed by atoms with van der Waals surface area (Å²) < 4.78 is 43.2. The molecule has 0 aliphatic rings. The molecule has 1 aromatic heterocycles. The number of hydrogen-bond donors (Lipinski definition) is 1. The molecule has 1 heterocycles. The molecule has 0 unspecified atom stereocenters. The Hall–Kier alpha value is -2.24.